The van der Waals surface area contributed by atoms with Crippen molar-refractivity contribution in [3.05, 3.63) is 35.1 Å². The molecule has 0 aliphatic heterocycles. The summed E-state index contributed by atoms with van der Waals surface area (Å²) in [6, 6.07) is 1.09. The number of aliphatic hydroxyl groups excluding tert-OH is 1. The Kier molecular flexibility index (Phi) is 5.31. The van der Waals surface area contributed by atoms with E-state index in [1.54, 1.807) is 0 Å². The Bertz CT molecular complexity index is 420. The maximum Gasteiger partial charge on any atom is 0.416 e. The van der Waals surface area contributed by atoms with Gasteiger partial charge in [-0.15, -0.1) is 0 Å². The maximum absolute atomic E-state index is 13.2. The molecule has 2 atom stereocenters. The Morgan fingerprint density at radius 3 is 2.42 bits per heavy atom. The highest BCUT2D eigenvalue weighted by Crippen LogP contribution is 2.32. The number of hydrogen-bond acceptors (Lipinski definition) is 2. The van der Waals surface area contributed by atoms with Crippen LogP contribution in [-0.4, -0.2) is 11.2 Å². The van der Waals surface area contributed by atoms with Gasteiger partial charge in [0, 0.05) is 0 Å². The van der Waals surface area contributed by atoms with E-state index < -0.39 is 29.7 Å². The monoisotopic (exact) mass is 279 g/mol. The average molecular weight is 279 g/mol. The zero-order valence-electron chi connectivity index (χ0n) is 10.5. The minimum absolute atomic E-state index is 0.0454. The number of unbranched alkanes of at least 4 members (excludes halogenated alkanes) is 1. The number of benzene rings is 1. The van der Waals surface area contributed by atoms with Crippen LogP contribution in [0, 0.1) is 5.82 Å². The Morgan fingerprint density at radius 1 is 1.26 bits per heavy atom. The van der Waals surface area contributed by atoms with Crippen molar-refractivity contribution in [3.8, 4) is 0 Å². The van der Waals surface area contributed by atoms with Crippen LogP contribution in [-0.2, 0) is 6.18 Å². The van der Waals surface area contributed by atoms with E-state index in [4.69, 9.17) is 5.73 Å². The molecule has 1 aromatic rings. The van der Waals surface area contributed by atoms with Gasteiger partial charge in [0.2, 0.25) is 0 Å². The molecule has 0 aliphatic rings. The molecule has 0 saturated carbocycles. The SMILES string of the molecule is CCCC[C@H](O)[C@H](N)c1cc(F)cc(C(F)(F)F)c1. The Balaban J connectivity index is 2.97. The number of hydrogen-bond donors (Lipinski definition) is 2. The minimum atomic E-state index is -4.63. The van der Waals surface area contributed by atoms with Crippen LogP contribution in [0.3, 0.4) is 0 Å². The summed E-state index contributed by atoms with van der Waals surface area (Å²) in [5, 5.41) is 9.76. The quantitative estimate of drug-likeness (QED) is 0.811. The predicted octanol–water partition coefficient (Wildman–Crippen LogP) is 3.40. The molecule has 2 nitrogen and oxygen atoms in total. The smallest absolute Gasteiger partial charge is 0.391 e. The van der Waals surface area contributed by atoms with Gasteiger partial charge in [0.1, 0.15) is 5.82 Å². The van der Waals surface area contributed by atoms with Crippen LogP contribution in [0.15, 0.2) is 18.2 Å². The lowest BCUT2D eigenvalue weighted by Gasteiger charge is -2.20. The summed E-state index contributed by atoms with van der Waals surface area (Å²) >= 11 is 0. The first-order chi connectivity index (χ1) is 8.75. The second kappa shape index (κ2) is 6.34. The van der Waals surface area contributed by atoms with Gasteiger partial charge in [-0.3, -0.25) is 0 Å². The molecule has 0 amide bonds. The lowest BCUT2D eigenvalue weighted by atomic mass is 9.96. The van der Waals surface area contributed by atoms with Gasteiger partial charge < -0.3 is 10.8 Å². The first-order valence-electron chi connectivity index (χ1n) is 6.07. The summed E-state index contributed by atoms with van der Waals surface area (Å²) in [6.45, 7) is 1.92. The first kappa shape index (κ1) is 15.9. The normalized spacial score (nSPS) is 15.3. The topological polar surface area (TPSA) is 46.2 Å². The maximum atomic E-state index is 13.2. The van der Waals surface area contributed by atoms with E-state index in [0.29, 0.717) is 18.9 Å². The fourth-order valence-electron chi connectivity index (χ4n) is 1.78. The van der Waals surface area contributed by atoms with Crippen LogP contribution in [0.1, 0.15) is 43.4 Å². The van der Waals surface area contributed by atoms with Gasteiger partial charge in [-0.25, -0.2) is 4.39 Å². The van der Waals surface area contributed by atoms with Crippen molar-refractivity contribution in [3.63, 3.8) is 0 Å². The summed E-state index contributed by atoms with van der Waals surface area (Å²) < 4.78 is 50.8. The molecule has 6 heteroatoms. The fourth-order valence-corrected chi connectivity index (χ4v) is 1.78. The van der Waals surface area contributed by atoms with Gasteiger partial charge >= 0.3 is 6.18 Å². The van der Waals surface area contributed by atoms with E-state index in [1.165, 1.54) is 0 Å². The summed E-state index contributed by atoms with van der Waals surface area (Å²) in [5.74, 6) is -1.01. The molecule has 0 aliphatic carbocycles. The van der Waals surface area contributed by atoms with E-state index in [2.05, 4.69) is 0 Å². The van der Waals surface area contributed by atoms with Gasteiger partial charge in [-0.2, -0.15) is 13.2 Å². The molecular weight excluding hydrogens is 262 g/mol. The number of alkyl halides is 3. The number of nitrogens with two attached hydrogens (primary N) is 1. The van der Waals surface area contributed by atoms with Gasteiger partial charge in [-0.1, -0.05) is 19.8 Å². The number of aliphatic hydroxyl groups is 1. The molecule has 0 saturated heterocycles. The van der Waals surface area contributed by atoms with Crippen molar-refractivity contribution in [2.45, 2.75) is 44.5 Å². The lowest BCUT2D eigenvalue weighted by molar-refractivity contribution is -0.137. The fraction of sp³-hybridized carbons (Fsp3) is 0.538. The Morgan fingerprint density at radius 2 is 1.89 bits per heavy atom. The third-order valence-electron chi connectivity index (χ3n) is 2.90. The van der Waals surface area contributed by atoms with Crippen molar-refractivity contribution >= 4 is 0 Å². The van der Waals surface area contributed by atoms with Gasteiger partial charge in [0.25, 0.3) is 0 Å². The minimum Gasteiger partial charge on any atom is -0.391 e. The van der Waals surface area contributed by atoms with E-state index in [1.807, 2.05) is 6.92 Å². The highest BCUT2D eigenvalue weighted by atomic mass is 19.4. The highest BCUT2D eigenvalue weighted by Gasteiger charge is 2.32. The van der Waals surface area contributed by atoms with Crippen LogP contribution in [0.25, 0.3) is 0 Å². The van der Waals surface area contributed by atoms with Crippen LogP contribution in [0.2, 0.25) is 0 Å². The van der Waals surface area contributed by atoms with E-state index in [-0.39, 0.29) is 5.56 Å². The molecule has 0 unspecified atom stereocenters. The van der Waals surface area contributed by atoms with Crippen molar-refractivity contribution in [2.24, 2.45) is 5.73 Å². The average Bonchev–Trinajstić information content (AvgIpc) is 2.33. The van der Waals surface area contributed by atoms with E-state index in [9.17, 15) is 22.7 Å². The molecule has 0 bridgehead atoms. The van der Waals surface area contributed by atoms with Crippen molar-refractivity contribution in [1.82, 2.24) is 0 Å². The van der Waals surface area contributed by atoms with Crippen LogP contribution >= 0.6 is 0 Å². The molecule has 0 spiro atoms. The summed E-state index contributed by atoms with van der Waals surface area (Å²) in [4.78, 5) is 0. The summed E-state index contributed by atoms with van der Waals surface area (Å²) in [6.07, 6.45) is -3.71. The molecule has 0 heterocycles. The summed E-state index contributed by atoms with van der Waals surface area (Å²) in [5.41, 5.74) is 4.53. The zero-order chi connectivity index (χ0) is 14.6. The van der Waals surface area contributed by atoms with Crippen molar-refractivity contribution in [1.29, 1.82) is 0 Å². The second-order valence-electron chi connectivity index (χ2n) is 4.51. The van der Waals surface area contributed by atoms with E-state index >= 15 is 0 Å². The van der Waals surface area contributed by atoms with Crippen molar-refractivity contribution < 1.29 is 22.7 Å². The molecule has 0 radical (unpaired) electrons. The number of halogens is 4. The molecule has 1 rings (SSSR count). The zero-order valence-corrected chi connectivity index (χ0v) is 10.5. The molecule has 1 aromatic carbocycles. The highest BCUT2D eigenvalue weighted by molar-refractivity contribution is 5.29. The Hall–Kier alpha value is -1.14. The van der Waals surface area contributed by atoms with Crippen LogP contribution in [0.5, 0.6) is 0 Å². The van der Waals surface area contributed by atoms with Gasteiger partial charge in [0.05, 0.1) is 17.7 Å². The van der Waals surface area contributed by atoms with E-state index in [0.717, 1.165) is 18.6 Å². The molecular formula is C13H17F4NO. The molecule has 3 N–H and O–H groups in total. The molecule has 0 fully saturated rings. The molecule has 19 heavy (non-hydrogen) atoms. The summed E-state index contributed by atoms with van der Waals surface area (Å²) in [7, 11) is 0. The standard InChI is InChI=1S/C13H17F4NO/c1-2-3-4-11(19)12(18)8-5-9(13(15,16)17)7-10(14)6-8/h5-7,11-12,19H,2-4,18H2,1H3/t11-,12+/m0/s1. The molecule has 108 valence electrons. The first-order valence-corrected chi connectivity index (χ1v) is 6.07. The third kappa shape index (κ3) is 4.47. The molecule has 0 aromatic heterocycles. The lowest BCUT2D eigenvalue weighted by Crippen LogP contribution is -2.26. The second-order valence-corrected chi connectivity index (χ2v) is 4.51. The predicted molar refractivity (Wildman–Crippen MR) is 63.9 cm³/mol. The number of rotatable bonds is 5. The Labute approximate surface area is 109 Å². The van der Waals surface area contributed by atoms with Crippen LogP contribution in [0.4, 0.5) is 17.6 Å². The van der Waals surface area contributed by atoms with Gasteiger partial charge in [0.15, 0.2) is 0 Å². The third-order valence-corrected chi connectivity index (χ3v) is 2.90. The van der Waals surface area contributed by atoms with Crippen molar-refractivity contribution in [2.75, 3.05) is 0 Å². The van der Waals surface area contributed by atoms with Gasteiger partial charge in [-0.05, 0) is 30.2 Å². The van der Waals surface area contributed by atoms with Crippen LogP contribution < -0.4 is 5.73 Å². The largest absolute Gasteiger partial charge is 0.416 e.